The number of Topliss-reactive ketones (excluding diaryl/α,β-unsaturated/α-hetero) is 1. The maximum Gasteiger partial charge on any atom is 0.387 e. The zero-order valence-corrected chi connectivity index (χ0v) is 13.6. The molecule has 0 atom stereocenters. The number of hydrogen-bond donors (Lipinski definition) is 0. The summed E-state index contributed by atoms with van der Waals surface area (Å²) in [6, 6.07) is 12.9. The lowest BCUT2D eigenvalue weighted by molar-refractivity contribution is -0.0512. The molecule has 2 aromatic rings. The number of alkyl halides is 2. The van der Waals surface area contributed by atoms with Crippen molar-refractivity contribution in [1.29, 1.82) is 5.26 Å². The second-order valence-corrected chi connectivity index (χ2v) is 5.16. The summed E-state index contributed by atoms with van der Waals surface area (Å²) >= 11 is 0. The Morgan fingerprint density at radius 1 is 1.20 bits per heavy atom. The van der Waals surface area contributed by atoms with E-state index in [9.17, 15) is 18.8 Å². The van der Waals surface area contributed by atoms with Crippen LogP contribution in [0.25, 0.3) is 6.08 Å². The summed E-state index contributed by atoms with van der Waals surface area (Å²) in [5.41, 5.74) is 1.53. The fourth-order valence-electron chi connectivity index (χ4n) is 2.23. The molecule has 0 unspecified atom stereocenters. The number of halogens is 2. The molecular weight excluding hydrogens is 328 g/mol. The maximum atomic E-state index is 12.5. The Bertz CT molecular complexity index is 854. The number of benzene rings is 2. The minimum Gasteiger partial charge on any atom is -0.493 e. The van der Waals surface area contributed by atoms with Crippen molar-refractivity contribution in [2.75, 3.05) is 7.11 Å². The topological polar surface area (TPSA) is 59.3 Å². The standard InChI is InChI=1S/C19H15F2NO3/c1-12-4-3-5-14(8-12)18(23)15(11-22)9-13-6-7-16(24-2)17(10-13)25-19(20)21/h3-10,19H,1-2H3/b15-9+. The van der Waals surface area contributed by atoms with Crippen LogP contribution in [0.5, 0.6) is 11.5 Å². The maximum absolute atomic E-state index is 12.5. The molecule has 0 bridgehead atoms. The van der Waals surface area contributed by atoms with Crippen molar-refractivity contribution in [1.82, 2.24) is 0 Å². The molecule has 0 aliphatic carbocycles. The predicted molar refractivity (Wildman–Crippen MR) is 88.7 cm³/mol. The van der Waals surface area contributed by atoms with Gasteiger partial charge in [0.05, 0.1) is 7.11 Å². The molecule has 0 saturated heterocycles. The highest BCUT2D eigenvalue weighted by Gasteiger charge is 2.14. The van der Waals surface area contributed by atoms with Crippen LogP contribution >= 0.6 is 0 Å². The molecule has 6 heteroatoms. The molecule has 0 aliphatic heterocycles. The van der Waals surface area contributed by atoms with Crippen LogP contribution in [0.15, 0.2) is 48.0 Å². The average molecular weight is 343 g/mol. The monoisotopic (exact) mass is 343 g/mol. The van der Waals surface area contributed by atoms with E-state index in [0.717, 1.165) is 5.56 Å². The molecule has 25 heavy (non-hydrogen) atoms. The third kappa shape index (κ3) is 4.64. The van der Waals surface area contributed by atoms with Crippen LogP contribution in [0, 0.1) is 18.3 Å². The van der Waals surface area contributed by atoms with Crippen molar-refractivity contribution in [2.24, 2.45) is 0 Å². The zero-order valence-electron chi connectivity index (χ0n) is 13.6. The van der Waals surface area contributed by atoms with Crippen LogP contribution in [0.2, 0.25) is 0 Å². The fraction of sp³-hybridized carbons (Fsp3) is 0.158. The van der Waals surface area contributed by atoms with Gasteiger partial charge in [0.15, 0.2) is 11.5 Å². The van der Waals surface area contributed by atoms with Crippen LogP contribution in [0.1, 0.15) is 21.5 Å². The van der Waals surface area contributed by atoms with Gasteiger partial charge in [-0.25, -0.2) is 0 Å². The largest absolute Gasteiger partial charge is 0.493 e. The van der Waals surface area contributed by atoms with Crippen molar-refractivity contribution >= 4 is 11.9 Å². The van der Waals surface area contributed by atoms with E-state index in [1.54, 1.807) is 18.2 Å². The van der Waals surface area contributed by atoms with Crippen LogP contribution in [-0.2, 0) is 0 Å². The fourth-order valence-corrected chi connectivity index (χ4v) is 2.23. The lowest BCUT2D eigenvalue weighted by atomic mass is 10.0. The number of rotatable bonds is 6. The molecule has 4 nitrogen and oxygen atoms in total. The normalized spacial score (nSPS) is 11.1. The van der Waals surface area contributed by atoms with Crippen molar-refractivity contribution in [3.8, 4) is 17.6 Å². The Hall–Kier alpha value is -3.20. The Balaban J connectivity index is 2.39. The van der Waals surface area contributed by atoms with Gasteiger partial charge in [-0.15, -0.1) is 0 Å². The molecule has 128 valence electrons. The summed E-state index contributed by atoms with van der Waals surface area (Å²) in [5, 5.41) is 9.29. The average Bonchev–Trinajstić information content (AvgIpc) is 2.58. The molecule has 0 heterocycles. The van der Waals surface area contributed by atoms with Gasteiger partial charge in [-0.2, -0.15) is 14.0 Å². The lowest BCUT2D eigenvalue weighted by Gasteiger charge is -2.10. The first-order valence-electron chi connectivity index (χ1n) is 7.30. The number of nitrogens with zero attached hydrogens (tertiary/aromatic N) is 1. The molecular formula is C19H15F2NO3. The van der Waals surface area contributed by atoms with E-state index >= 15 is 0 Å². The van der Waals surface area contributed by atoms with Gasteiger partial charge in [-0.3, -0.25) is 4.79 Å². The van der Waals surface area contributed by atoms with Crippen LogP contribution in [-0.4, -0.2) is 19.5 Å². The Morgan fingerprint density at radius 2 is 1.96 bits per heavy atom. The van der Waals surface area contributed by atoms with E-state index < -0.39 is 12.4 Å². The predicted octanol–water partition coefficient (Wildman–Crippen LogP) is 4.39. The lowest BCUT2D eigenvalue weighted by Crippen LogP contribution is -2.04. The highest BCUT2D eigenvalue weighted by atomic mass is 19.3. The van der Waals surface area contributed by atoms with E-state index in [4.69, 9.17) is 4.74 Å². The number of ketones is 1. The number of hydrogen-bond acceptors (Lipinski definition) is 4. The summed E-state index contributed by atoms with van der Waals surface area (Å²) in [5.74, 6) is -0.495. The molecule has 0 aliphatic rings. The van der Waals surface area contributed by atoms with Crippen molar-refractivity contribution in [3.63, 3.8) is 0 Å². The first-order valence-corrected chi connectivity index (χ1v) is 7.30. The molecule has 0 saturated carbocycles. The van der Waals surface area contributed by atoms with Gasteiger partial charge in [0.2, 0.25) is 5.78 Å². The zero-order chi connectivity index (χ0) is 18.4. The van der Waals surface area contributed by atoms with Crippen molar-refractivity contribution in [3.05, 3.63) is 64.7 Å². The molecule has 0 spiro atoms. The first-order chi connectivity index (χ1) is 11.9. The number of aryl methyl sites for hydroxylation is 1. The highest BCUT2D eigenvalue weighted by molar-refractivity contribution is 6.14. The van der Waals surface area contributed by atoms with E-state index in [0.29, 0.717) is 11.1 Å². The van der Waals surface area contributed by atoms with E-state index in [1.807, 2.05) is 19.1 Å². The summed E-state index contributed by atoms with van der Waals surface area (Å²) in [4.78, 5) is 12.5. The minimum absolute atomic E-state index is 0.112. The van der Waals surface area contributed by atoms with Crippen LogP contribution in [0.3, 0.4) is 0 Å². The summed E-state index contributed by atoms with van der Waals surface area (Å²) in [7, 11) is 1.32. The number of ether oxygens (including phenoxy) is 2. The number of methoxy groups -OCH3 is 1. The van der Waals surface area contributed by atoms with Gasteiger partial charge < -0.3 is 9.47 Å². The second-order valence-electron chi connectivity index (χ2n) is 5.16. The minimum atomic E-state index is -3.02. The quantitative estimate of drug-likeness (QED) is 0.443. The van der Waals surface area contributed by atoms with E-state index in [1.165, 1.54) is 31.4 Å². The number of carbonyl (C=O) groups excluding carboxylic acids is 1. The SMILES string of the molecule is COc1ccc(/C=C(\C#N)C(=O)c2cccc(C)c2)cc1OC(F)F. The van der Waals surface area contributed by atoms with Gasteiger partial charge in [-0.05, 0) is 36.8 Å². The molecule has 0 fully saturated rings. The third-order valence-corrected chi connectivity index (χ3v) is 3.36. The third-order valence-electron chi connectivity index (χ3n) is 3.36. The van der Waals surface area contributed by atoms with Gasteiger partial charge >= 0.3 is 6.61 Å². The van der Waals surface area contributed by atoms with E-state index in [-0.39, 0.29) is 17.1 Å². The molecule has 0 amide bonds. The van der Waals surface area contributed by atoms with Crippen LogP contribution < -0.4 is 9.47 Å². The summed E-state index contributed by atoms with van der Waals surface area (Å²) in [6.45, 7) is -1.18. The Labute approximate surface area is 143 Å². The second kappa shape index (κ2) is 8.06. The van der Waals surface area contributed by atoms with Crippen molar-refractivity contribution < 1.29 is 23.0 Å². The van der Waals surface area contributed by atoms with Crippen LogP contribution in [0.4, 0.5) is 8.78 Å². The highest BCUT2D eigenvalue weighted by Crippen LogP contribution is 2.30. The number of carbonyl (C=O) groups is 1. The molecule has 0 N–H and O–H groups in total. The van der Waals surface area contributed by atoms with Gasteiger partial charge in [0.25, 0.3) is 0 Å². The molecule has 2 aromatic carbocycles. The summed E-state index contributed by atoms with van der Waals surface area (Å²) < 4.78 is 34.3. The smallest absolute Gasteiger partial charge is 0.387 e. The molecule has 0 aromatic heterocycles. The summed E-state index contributed by atoms with van der Waals surface area (Å²) in [6.07, 6.45) is 1.32. The number of allylic oxidation sites excluding steroid dienone is 1. The van der Waals surface area contributed by atoms with E-state index in [2.05, 4.69) is 4.74 Å². The van der Waals surface area contributed by atoms with Gasteiger partial charge in [-0.1, -0.05) is 29.8 Å². The molecule has 0 radical (unpaired) electrons. The van der Waals surface area contributed by atoms with Gasteiger partial charge in [0, 0.05) is 5.56 Å². The van der Waals surface area contributed by atoms with Gasteiger partial charge in [0.1, 0.15) is 11.6 Å². The number of nitriles is 1. The first kappa shape index (κ1) is 18.1. The Kier molecular flexibility index (Phi) is 5.85. The Morgan fingerprint density at radius 3 is 2.56 bits per heavy atom. The molecule has 2 rings (SSSR count). The van der Waals surface area contributed by atoms with Crippen molar-refractivity contribution in [2.45, 2.75) is 13.5 Å².